The van der Waals surface area contributed by atoms with Gasteiger partial charge >= 0.3 is 0 Å². The molecule has 1 aliphatic rings. The molecule has 0 bridgehead atoms. The molecule has 3 aromatic heterocycles. The number of halogens is 1. The molecule has 0 unspecified atom stereocenters. The first-order valence-electron chi connectivity index (χ1n) is 10.2. The van der Waals surface area contributed by atoms with E-state index in [4.69, 9.17) is 4.74 Å². The Hall–Kier alpha value is -3.70. The number of nitrogens with zero attached hydrogens (tertiary/aromatic N) is 7. The smallest absolute Gasteiger partial charge is 0.257 e. The van der Waals surface area contributed by atoms with Gasteiger partial charge in [-0.15, -0.1) is 5.10 Å². The first-order valence-corrected chi connectivity index (χ1v) is 10.2. The van der Waals surface area contributed by atoms with Crippen molar-refractivity contribution < 1.29 is 13.9 Å². The van der Waals surface area contributed by atoms with Gasteiger partial charge in [0.1, 0.15) is 11.9 Å². The quantitative estimate of drug-likeness (QED) is 0.528. The molecule has 4 heterocycles. The van der Waals surface area contributed by atoms with Crippen LogP contribution in [0.15, 0.2) is 25.2 Å². The van der Waals surface area contributed by atoms with Gasteiger partial charge in [-0.05, 0) is 19.9 Å². The maximum absolute atomic E-state index is 14.6. The molecule has 170 valence electrons. The number of aryl methyl sites for hydroxylation is 2. The van der Waals surface area contributed by atoms with Gasteiger partial charge in [0.15, 0.2) is 17.0 Å². The molecule has 1 saturated heterocycles. The van der Waals surface area contributed by atoms with Crippen LogP contribution in [0.1, 0.15) is 13.8 Å². The maximum Gasteiger partial charge on any atom is 0.257 e. The highest BCUT2D eigenvalue weighted by molar-refractivity contribution is 5.88. The Morgan fingerprint density at radius 1 is 1.34 bits per heavy atom. The first kappa shape index (κ1) is 21.5. The highest BCUT2D eigenvalue weighted by atomic mass is 19.1. The fourth-order valence-corrected chi connectivity index (χ4v) is 3.52. The second kappa shape index (κ2) is 8.44. The lowest BCUT2D eigenvalue weighted by molar-refractivity contribution is -0.117. The highest BCUT2D eigenvalue weighted by Gasteiger charge is 2.35. The standard InChI is InChI=1S/C20H26FN9O2/c1-6-15(31)23-13-9-30(7-12(13)21)20-25-17(16-18(26-20)28(4)10-22-16)24-14-8-29(5)27-19(14)32-11(2)3/h6,8,10-13H,1,7,9H2,2-5H3,(H,23,31)(H,24,25,26)/t12-,13-/m1/s1. The van der Waals surface area contributed by atoms with Crippen molar-refractivity contribution in [3.8, 4) is 5.88 Å². The Labute approximate surface area is 184 Å². The minimum absolute atomic E-state index is 0.0551. The first-order chi connectivity index (χ1) is 15.2. The van der Waals surface area contributed by atoms with Crippen LogP contribution in [0.5, 0.6) is 5.88 Å². The van der Waals surface area contributed by atoms with Crippen LogP contribution in [0.2, 0.25) is 0 Å². The Bertz CT molecular complexity index is 1160. The molecule has 2 atom stereocenters. The normalized spacial score (nSPS) is 18.4. The van der Waals surface area contributed by atoms with Crippen LogP contribution < -0.4 is 20.3 Å². The van der Waals surface area contributed by atoms with E-state index in [-0.39, 0.29) is 19.2 Å². The van der Waals surface area contributed by atoms with E-state index in [1.807, 2.05) is 20.9 Å². The summed E-state index contributed by atoms with van der Waals surface area (Å²) in [5.41, 5.74) is 1.77. The third-order valence-electron chi connectivity index (χ3n) is 4.99. The van der Waals surface area contributed by atoms with Crippen molar-refractivity contribution in [2.45, 2.75) is 32.2 Å². The van der Waals surface area contributed by atoms with E-state index in [0.29, 0.717) is 34.5 Å². The lowest BCUT2D eigenvalue weighted by atomic mass is 10.2. The van der Waals surface area contributed by atoms with Crippen molar-refractivity contribution >= 4 is 34.5 Å². The lowest BCUT2D eigenvalue weighted by Gasteiger charge is -2.17. The molecule has 3 aromatic rings. The van der Waals surface area contributed by atoms with Crippen molar-refractivity contribution in [2.24, 2.45) is 14.1 Å². The molecule has 0 aliphatic carbocycles. The molecule has 1 aliphatic heterocycles. The fourth-order valence-electron chi connectivity index (χ4n) is 3.52. The number of alkyl halides is 1. The molecular weight excluding hydrogens is 417 g/mol. The number of nitrogens with one attached hydrogen (secondary N) is 2. The summed E-state index contributed by atoms with van der Waals surface area (Å²) >= 11 is 0. The van der Waals surface area contributed by atoms with Crippen LogP contribution in [-0.2, 0) is 18.9 Å². The van der Waals surface area contributed by atoms with E-state index < -0.39 is 18.1 Å². The number of rotatable bonds is 7. The Morgan fingerprint density at radius 2 is 2.12 bits per heavy atom. The van der Waals surface area contributed by atoms with E-state index in [9.17, 15) is 9.18 Å². The molecule has 11 nitrogen and oxygen atoms in total. The molecule has 1 fully saturated rings. The molecule has 0 spiro atoms. The number of hydrogen-bond acceptors (Lipinski definition) is 8. The molecule has 4 rings (SSSR count). The zero-order chi connectivity index (χ0) is 23.0. The van der Waals surface area contributed by atoms with E-state index in [1.165, 1.54) is 0 Å². The molecular formula is C20H26FN9O2. The van der Waals surface area contributed by atoms with Crippen molar-refractivity contribution in [3.05, 3.63) is 25.2 Å². The molecule has 0 saturated carbocycles. The maximum atomic E-state index is 14.6. The summed E-state index contributed by atoms with van der Waals surface area (Å²) in [7, 11) is 3.62. The molecule has 0 aromatic carbocycles. The minimum atomic E-state index is -1.26. The van der Waals surface area contributed by atoms with E-state index in [1.54, 1.807) is 33.7 Å². The van der Waals surface area contributed by atoms with E-state index in [2.05, 4.69) is 37.3 Å². The Morgan fingerprint density at radius 3 is 2.84 bits per heavy atom. The highest BCUT2D eigenvalue weighted by Crippen LogP contribution is 2.31. The van der Waals surface area contributed by atoms with Crippen LogP contribution in [0.4, 0.5) is 21.8 Å². The van der Waals surface area contributed by atoms with Gasteiger partial charge in [-0.25, -0.2) is 9.37 Å². The summed E-state index contributed by atoms with van der Waals surface area (Å²) in [5.74, 6) is 0.793. The van der Waals surface area contributed by atoms with Crippen LogP contribution in [-0.4, -0.2) is 66.6 Å². The number of amides is 1. The third-order valence-corrected chi connectivity index (χ3v) is 4.99. The van der Waals surface area contributed by atoms with Gasteiger partial charge in [-0.2, -0.15) is 9.97 Å². The summed E-state index contributed by atoms with van der Waals surface area (Å²) in [6, 6.07) is -0.674. The number of carbonyl (C=O) groups excluding carboxylic acids is 1. The van der Waals surface area contributed by atoms with Gasteiger partial charge in [-0.3, -0.25) is 9.48 Å². The van der Waals surface area contributed by atoms with E-state index in [0.717, 1.165) is 6.08 Å². The topological polar surface area (TPSA) is 115 Å². The summed E-state index contributed by atoms with van der Waals surface area (Å²) in [4.78, 5) is 26.9. The number of aromatic nitrogens is 6. The number of ether oxygens (including phenoxy) is 1. The Kier molecular flexibility index (Phi) is 5.68. The van der Waals surface area contributed by atoms with Gasteiger partial charge in [0.2, 0.25) is 11.9 Å². The second-order valence-electron chi connectivity index (χ2n) is 7.95. The predicted molar refractivity (Wildman–Crippen MR) is 118 cm³/mol. The lowest BCUT2D eigenvalue weighted by Crippen LogP contribution is -2.40. The third kappa shape index (κ3) is 4.20. The van der Waals surface area contributed by atoms with Gasteiger partial charge in [0.25, 0.3) is 5.88 Å². The minimum Gasteiger partial charge on any atom is -0.472 e. The van der Waals surface area contributed by atoms with Crippen molar-refractivity contribution in [1.82, 2.24) is 34.6 Å². The second-order valence-corrected chi connectivity index (χ2v) is 7.95. The molecule has 12 heteroatoms. The van der Waals surface area contributed by atoms with Crippen molar-refractivity contribution in [1.29, 1.82) is 0 Å². The van der Waals surface area contributed by atoms with Crippen LogP contribution >= 0.6 is 0 Å². The largest absolute Gasteiger partial charge is 0.472 e. The summed E-state index contributed by atoms with van der Waals surface area (Å²) in [6.07, 6.45) is 3.22. The average Bonchev–Trinajstić information content (AvgIpc) is 3.39. The molecule has 32 heavy (non-hydrogen) atoms. The SMILES string of the molecule is C=CC(=O)N[C@@H]1CN(c2nc(Nc3cn(C)nc3OC(C)C)c3ncn(C)c3n2)C[C@H]1F. The number of hydrogen-bond donors (Lipinski definition) is 2. The Balaban J connectivity index is 1.68. The monoisotopic (exact) mass is 443 g/mol. The zero-order valence-corrected chi connectivity index (χ0v) is 18.4. The fraction of sp³-hybridized carbons (Fsp3) is 0.450. The van der Waals surface area contributed by atoms with Gasteiger partial charge in [-0.1, -0.05) is 6.58 Å². The van der Waals surface area contributed by atoms with Crippen LogP contribution in [0.25, 0.3) is 11.2 Å². The average molecular weight is 443 g/mol. The van der Waals surface area contributed by atoms with Crippen LogP contribution in [0.3, 0.4) is 0 Å². The van der Waals surface area contributed by atoms with Gasteiger partial charge in [0, 0.05) is 20.6 Å². The molecule has 1 amide bonds. The van der Waals surface area contributed by atoms with Crippen molar-refractivity contribution in [3.63, 3.8) is 0 Å². The molecule has 0 radical (unpaired) electrons. The number of fused-ring (bicyclic) bond motifs is 1. The predicted octanol–water partition coefficient (Wildman–Crippen LogP) is 1.46. The zero-order valence-electron chi connectivity index (χ0n) is 18.4. The number of carbonyl (C=O) groups is 1. The number of anilines is 3. The van der Waals surface area contributed by atoms with Gasteiger partial charge < -0.3 is 24.8 Å². The summed E-state index contributed by atoms with van der Waals surface area (Å²) in [5, 5.41) is 10.2. The number of imidazole rings is 1. The van der Waals surface area contributed by atoms with E-state index >= 15 is 0 Å². The summed E-state index contributed by atoms with van der Waals surface area (Å²) < 4.78 is 23.8. The van der Waals surface area contributed by atoms with Crippen molar-refractivity contribution in [2.75, 3.05) is 23.3 Å². The summed E-state index contributed by atoms with van der Waals surface area (Å²) in [6.45, 7) is 7.54. The molecule has 2 N–H and O–H groups in total. The van der Waals surface area contributed by atoms with Crippen LogP contribution in [0, 0.1) is 0 Å². The van der Waals surface area contributed by atoms with Gasteiger partial charge in [0.05, 0.1) is 31.2 Å².